The van der Waals surface area contributed by atoms with Crippen molar-refractivity contribution in [2.45, 2.75) is 12.5 Å². The van der Waals surface area contributed by atoms with Gasteiger partial charge in [-0.1, -0.05) is 18.2 Å². The highest BCUT2D eigenvalue weighted by Crippen LogP contribution is 2.37. The van der Waals surface area contributed by atoms with E-state index in [-0.39, 0.29) is 30.9 Å². The number of amides is 1. The molecule has 144 valence electrons. The Labute approximate surface area is 162 Å². The van der Waals surface area contributed by atoms with Crippen molar-refractivity contribution in [3.05, 3.63) is 70.2 Å². The Balaban J connectivity index is 1.94. The predicted molar refractivity (Wildman–Crippen MR) is 105 cm³/mol. The van der Waals surface area contributed by atoms with Crippen LogP contribution >= 0.6 is 11.3 Å². The second kappa shape index (κ2) is 7.92. The van der Waals surface area contributed by atoms with E-state index in [0.29, 0.717) is 6.54 Å². The lowest BCUT2D eigenvalue weighted by atomic mass is 9.93. The molecule has 0 N–H and O–H groups in total. The number of nitrogens with zero attached hydrogens (tertiary/aromatic N) is 2. The number of carbonyl (C=O) groups is 1. The predicted octanol–water partition coefficient (Wildman–Crippen LogP) is 2.81. The van der Waals surface area contributed by atoms with Crippen LogP contribution in [0.3, 0.4) is 0 Å². The van der Waals surface area contributed by atoms with Gasteiger partial charge in [-0.25, -0.2) is 12.8 Å². The summed E-state index contributed by atoms with van der Waals surface area (Å²) in [5.74, 6) is -0.624. The monoisotopic (exact) mass is 408 g/mol. The average Bonchev–Trinajstić information content (AvgIpc) is 3.09. The van der Waals surface area contributed by atoms with Crippen LogP contribution in [0.5, 0.6) is 0 Å². The molecule has 0 spiro atoms. The molecule has 2 aromatic rings. The molecule has 5 nitrogen and oxygen atoms in total. The summed E-state index contributed by atoms with van der Waals surface area (Å²) >= 11 is 1.64. The second-order valence-corrected chi connectivity index (χ2v) is 9.42. The molecule has 3 rings (SSSR count). The Morgan fingerprint density at radius 3 is 2.70 bits per heavy atom. The van der Waals surface area contributed by atoms with Crippen molar-refractivity contribution in [1.29, 1.82) is 0 Å². The molecule has 1 amide bonds. The largest absolute Gasteiger partial charge is 0.330 e. The van der Waals surface area contributed by atoms with Crippen LogP contribution in [-0.4, -0.2) is 49.4 Å². The van der Waals surface area contributed by atoms with E-state index < -0.39 is 10.0 Å². The van der Waals surface area contributed by atoms with Gasteiger partial charge in [0.1, 0.15) is 5.82 Å². The first-order valence-electron chi connectivity index (χ1n) is 8.48. The number of fused-ring (bicyclic) bond motifs is 1. The van der Waals surface area contributed by atoms with E-state index in [1.54, 1.807) is 28.4 Å². The number of hydrogen-bond donors (Lipinski definition) is 0. The van der Waals surface area contributed by atoms with E-state index in [1.807, 2.05) is 11.4 Å². The Morgan fingerprint density at radius 1 is 1.37 bits per heavy atom. The summed E-state index contributed by atoms with van der Waals surface area (Å²) in [7, 11) is -3.53. The van der Waals surface area contributed by atoms with E-state index in [1.165, 1.54) is 23.1 Å². The van der Waals surface area contributed by atoms with Gasteiger partial charge in [0.05, 0.1) is 18.8 Å². The van der Waals surface area contributed by atoms with E-state index in [4.69, 9.17) is 0 Å². The highest BCUT2D eigenvalue weighted by atomic mass is 32.2. The number of benzene rings is 1. The van der Waals surface area contributed by atoms with E-state index in [9.17, 15) is 17.6 Å². The summed E-state index contributed by atoms with van der Waals surface area (Å²) in [5.41, 5.74) is 1.82. The minimum Gasteiger partial charge on any atom is -0.330 e. The number of sulfonamides is 1. The molecule has 27 heavy (non-hydrogen) atoms. The average molecular weight is 409 g/mol. The van der Waals surface area contributed by atoms with Crippen LogP contribution in [0.4, 0.5) is 4.39 Å². The van der Waals surface area contributed by atoms with Crippen molar-refractivity contribution >= 4 is 27.3 Å². The third-order valence-corrected chi connectivity index (χ3v) is 6.80. The topological polar surface area (TPSA) is 57.7 Å². The van der Waals surface area contributed by atoms with Crippen LogP contribution in [0.15, 0.2) is 48.4 Å². The minimum atomic E-state index is -3.53. The summed E-state index contributed by atoms with van der Waals surface area (Å²) in [6, 6.07) is 7.72. The molecule has 1 unspecified atom stereocenters. The Kier molecular flexibility index (Phi) is 5.78. The summed E-state index contributed by atoms with van der Waals surface area (Å²) in [4.78, 5) is 15.9. The van der Waals surface area contributed by atoms with E-state index in [0.717, 1.165) is 28.1 Å². The van der Waals surface area contributed by atoms with Gasteiger partial charge in [0.2, 0.25) is 15.9 Å². The van der Waals surface area contributed by atoms with Crippen LogP contribution in [0, 0.1) is 5.82 Å². The molecule has 1 aliphatic heterocycles. The molecule has 2 heterocycles. The third kappa shape index (κ3) is 4.28. The fourth-order valence-corrected chi connectivity index (χ4v) is 4.92. The van der Waals surface area contributed by atoms with Crippen LogP contribution in [0.1, 0.15) is 22.0 Å². The van der Waals surface area contributed by atoms with Crippen LogP contribution < -0.4 is 0 Å². The highest BCUT2D eigenvalue weighted by molar-refractivity contribution is 7.88. The third-order valence-electron chi connectivity index (χ3n) is 4.59. The zero-order valence-corrected chi connectivity index (χ0v) is 16.6. The number of thiophene rings is 1. The first-order chi connectivity index (χ1) is 12.8. The van der Waals surface area contributed by atoms with Crippen LogP contribution in [0.2, 0.25) is 0 Å². The molecule has 0 saturated carbocycles. The molecule has 1 aromatic carbocycles. The quantitative estimate of drug-likeness (QED) is 0.691. The summed E-state index contributed by atoms with van der Waals surface area (Å²) in [6.07, 6.45) is 3.25. The van der Waals surface area contributed by atoms with Crippen molar-refractivity contribution in [3.8, 4) is 0 Å². The molecule has 0 saturated heterocycles. The molecule has 1 aromatic heterocycles. The lowest BCUT2D eigenvalue weighted by Crippen LogP contribution is -2.46. The van der Waals surface area contributed by atoms with Gasteiger partial charge in [0, 0.05) is 18.0 Å². The van der Waals surface area contributed by atoms with E-state index >= 15 is 0 Å². The maximum absolute atomic E-state index is 13.4. The van der Waals surface area contributed by atoms with Crippen molar-refractivity contribution in [1.82, 2.24) is 9.21 Å². The standard InChI is InChI=1S/C19H21FN2O3S2/c1-3-10-21(27(2,24)25)13-18(23)22-11-8-17-16(9-12-26-17)19(22)14-4-6-15(20)7-5-14/h3-7,9,12,19H,1,8,10-11,13H2,2H3. The molecule has 0 fully saturated rings. The number of carbonyl (C=O) groups excluding carboxylic acids is 1. The molecule has 1 atom stereocenters. The zero-order chi connectivity index (χ0) is 19.6. The van der Waals surface area contributed by atoms with Crippen molar-refractivity contribution in [2.24, 2.45) is 0 Å². The normalized spacial score (nSPS) is 17.0. The smallest absolute Gasteiger partial charge is 0.238 e. The molecule has 8 heteroatoms. The fraction of sp³-hybridized carbons (Fsp3) is 0.316. The lowest BCUT2D eigenvalue weighted by Gasteiger charge is -2.37. The van der Waals surface area contributed by atoms with E-state index in [2.05, 4.69) is 6.58 Å². The van der Waals surface area contributed by atoms with Crippen molar-refractivity contribution in [3.63, 3.8) is 0 Å². The van der Waals surface area contributed by atoms with Crippen molar-refractivity contribution in [2.75, 3.05) is 25.9 Å². The molecular weight excluding hydrogens is 387 g/mol. The Morgan fingerprint density at radius 2 is 2.07 bits per heavy atom. The summed E-state index contributed by atoms with van der Waals surface area (Å²) in [6.45, 7) is 3.87. The number of rotatable bonds is 6. The highest BCUT2D eigenvalue weighted by Gasteiger charge is 2.34. The van der Waals surface area contributed by atoms with Gasteiger partial charge in [-0.15, -0.1) is 17.9 Å². The molecule has 0 radical (unpaired) electrons. The zero-order valence-electron chi connectivity index (χ0n) is 15.0. The second-order valence-electron chi connectivity index (χ2n) is 6.43. The number of hydrogen-bond acceptors (Lipinski definition) is 4. The Bertz CT molecular complexity index is 938. The first kappa shape index (κ1) is 19.7. The van der Waals surface area contributed by atoms with Gasteiger partial charge in [-0.2, -0.15) is 4.31 Å². The molecular formula is C19H21FN2O3S2. The molecule has 1 aliphatic rings. The van der Waals surface area contributed by atoms with Crippen LogP contribution in [-0.2, 0) is 21.2 Å². The lowest BCUT2D eigenvalue weighted by molar-refractivity contribution is -0.133. The molecule has 0 bridgehead atoms. The maximum Gasteiger partial charge on any atom is 0.238 e. The van der Waals surface area contributed by atoms with Gasteiger partial charge in [0.15, 0.2) is 0 Å². The first-order valence-corrected chi connectivity index (χ1v) is 11.2. The molecule has 0 aliphatic carbocycles. The SMILES string of the molecule is C=CCN(CC(=O)N1CCc2sccc2C1c1ccc(F)cc1)S(C)(=O)=O. The summed E-state index contributed by atoms with van der Waals surface area (Å²) < 4.78 is 38.4. The van der Waals surface area contributed by atoms with Gasteiger partial charge in [0.25, 0.3) is 0 Å². The Hall–Kier alpha value is -2.03. The van der Waals surface area contributed by atoms with Crippen molar-refractivity contribution < 1.29 is 17.6 Å². The van der Waals surface area contributed by atoms with Gasteiger partial charge in [-0.3, -0.25) is 4.79 Å². The maximum atomic E-state index is 13.4. The van der Waals surface area contributed by atoms with Gasteiger partial charge < -0.3 is 4.90 Å². The van der Waals surface area contributed by atoms with Gasteiger partial charge in [-0.05, 0) is 41.1 Å². The fourth-order valence-electron chi connectivity index (χ4n) is 3.29. The van der Waals surface area contributed by atoms with Gasteiger partial charge >= 0.3 is 0 Å². The van der Waals surface area contributed by atoms with Crippen LogP contribution in [0.25, 0.3) is 0 Å². The number of halogens is 1. The summed E-state index contributed by atoms with van der Waals surface area (Å²) in [5, 5.41) is 1.98. The minimum absolute atomic E-state index is 0.0727.